The summed E-state index contributed by atoms with van der Waals surface area (Å²) < 4.78 is 11.4. The van der Waals surface area contributed by atoms with Crippen molar-refractivity contribution in [1.29, 1.82) is 0 Å². The summed E-state index contributed by atoms with van der Waals surface area (Å²) in [5.74, 6) is 2.47. The predicted molar refractivity (Wildman–Crippen MR) is 105 cm³/mol. The van der Waals surface area contributed by atoms with E-state index in [0.29, 0.717) is 19.1 Å². The summed E-state index contributed by atoms with van der Waals surface area (Å²) in [6.45, 7) is 4.59. The Hall–Kier alpha value is -2.53. The molecule has 1 fully saturated rings. The van der Waals surface area contributed by atoms with Gasteiger partial charge < -0.3 is 9.47 Å². The summed E-state index contributed by atoms with van der Waals surface area (Å²) in [4.78, 5) is 2.58. The lowest BCUT2D eigenvalue weighted by Gasteiger charge is -2.33. The van der Waals surface area contributed by atoms with Crippen molar-refractivity contribution in [3.8, 4) is 11.5 Å². The second kappa shape index (κ2) is 7.24. The van der Waals surface area contributed by atoms with Crippen molar-refractivity contribution in [3.63, 3.8) is 0 Å². The Bertz CT molecular complexity index is 936. The molecule has 5 nitrogen and oxygen atoms in total. The Balaban J connectivity index is 1.24. The molecule has 5 heteroatoms. The molecule has 0 radical (unpaired) electrons. The van der Waals surface area contributed by atoms with Crippen LogP contribution in [0.2, 0.25) is 0 Å². The lowest BCUT2D eigenvalue weighted by molar-refractivity contribution is 0.163. The Kier molecular flexibility index (Phi) is 4.46. The number of hydrogen-bond acceptors (Lipinski definition) is 4. The van der Waals surface area contributed by atoms with Crippen molar-refractivity contribution < 1.29 is 9.47 Å². The fourth-order valence-corrected chi connectivity index (χ4v) is 4.36. The van der Waals surface area contributed by atoms with Crippen molar-refractivity contribution in [2.75, 3.05) is 26.3 Å². The van der Waals surface area contributed by atoms with Crippen LogP contribution in [0.3, 0.4) is 0 Å². The lowest BCUT2D eigenvalue weighted by atomic mass is 9.90. The summed E-state index contributed by atoms with van der Waals surface area (Å²) in [7, 11) is 0. The van der Waals surface area contributed by atoms with E-state index in [4.69, 9.17) is 9.47 Å². The standard InChI is InChI=1S/C22H25N3O2/c1-2-17(10-16-3-5-20-19(11-16)13-23-24-20)14-25(7-1)15-18-4-6-21-22(12-18)27-9-8-26-21/h3-6,11-13,17H,1-2,7-10,14-15H2,(H,23,24)/t17-/m0/s1. The smallest absolute Gasteiger partial charge is 0.161 e. The first-order valence-corrected chi connectivity index (χ1v) is 9.86. The van der Waals surface area contributed by atoms with E-state index in [0.717, 1.165) is 36.5 Å². The van der Waals surface area contributed by atoms with Gasteiger partial charge in [-0.1, -0.05) is 12.1 Å². The second-order valence-electron chi connectivity index (χ2n) is 7.72. The molecule has 2 aliphatic heterocycles. The second-order valence-corrected chi connectivity index (χ2v) is 7.72. The van der Waals surface area contributed by atoms with Crippen LogP contribution in [0.5, 0.6) is 11.5 Å². The van der Waals surface area contributed by atoms with Gasteiger partial charge in [-0.05, 0) is 67.1 Å². The van der Waals surface area contributed by atoms with Crippen LogP contribution in [0, 0.1) is 5.92 Å². The first-order valence-electron chi connectivity index (χ1n) is 9.86. The third kappa shape index (κ3) is 3.65. The minimum Gasteiger partial charge on any atom is -0.486 e. The number of nitrogens with one attached hydrogen (secondary N) is 1. The molecule has 27 heavy (non-hydrogen) atoms. The Labute approximate surface area is 159 Å². The molecule has 140 valence electrons. The first kappa shape index (κ1) is 16.6. The highest BCUT2D eigenvalue weighted by Gasteiger charge is 2.21. The van der Waals surface area contributed by atoms with Gasteiger partial charge in [-0.3, -0.25) is 10.00 Å². The van der Waals surface area contributed by atoms with Gasteiger partial charge >= 0.3 is 0 Å². The van der Waals surface area contributed by atoms with Gasteiger partial charge in [0.2, 0.25) is 0 Å². The monoisotopic (exact) mass is 363 g/mol. The molecule has 0 spiro atoms. The third-order valence-corrected chi connectivity index (χ3v) is 5.64. The van der Waals surface area contributed by atoms with Crippen molar-refractivity contribution in [1.82, 2.24) is 15.1 Å². The molecule has 3 aromatic rings. The molecule has 1 atom stereocenters. The van der Waals surface area contributed by atoms with Gasteiger partial charge in [-0.15, -0.1) is 0 Å². The van der Waals surface area contributed by atoms with Crippen LogP contribution in [0.15, 0.2) is 42.6 Å². The maximum atomic E-state index is 5.73. The Morgan fingerprint density at radius 2 is 1.93 bits per heavy atom. The normalized spacial score (nSPS) is 20.1. The van der Waals surface area contributed by atoms with Gasteiger partial charge in [0.1, 0.15) is 13.2 Å². The molecule has 1 saturated heterocycles. The van der Waals surface area contributed by atoms with Crippen LogP contribution in [0.4, 0.5) is 0 Å². The zero-order valence-electron chi connectivity index (χ0n) is 15.5. The number of hydrogen-bond donors (Lipinski definition) is 1. The fraction of sp³-hybridized carbons (Fsp3) is 0.409. The van der Waals surface area contributed by atoms with Crippen LogP contribution in [0.25, 0.3) is 10.9 Å². The summed E-state index contributed by atoms with van der Waals surface area (Å²) in [5, 5.41) is 8.36. The molecule has 0 amide bonds. The van der Waals surface area contributed by atoms with E-state index < -0.39 is 0 Å². The van der Waals surface area contributed by atoms with Crippen molar-refractivity contribution >= 4 is 10.9 Å². The number of rotatable bonds is 4. The fourth-order valence-electron chi connectivity index (χ4n) is 4.36. The average Bonchev–Trinajstić information content (AvgIpc) is 3.16. The van der Waals surface area contributed by atoms with E-state index in [-0.39, 0.29) is 0 Å². The minimum absolute atomic E-state index is 0.642. The Morgan fingerprint density at radius 1 is 1.04 bits per heavy atom. The predicted octanol–water partition coefficient (Wildman–Crippen LogP) is 3.79. The maximum Gasteiger partial charge on any atom is 0.161 e. The molecule has 5 rings (SSSR count). The molecule has 2 aromatic carbocycles. The van der Waals surface area contributed by atoms with Gasteiger partial charge in [-0.25, -0.2) is 0 Å². The molecule has 1 aromatic heterocycles. The molecule has 2 aliphatic rings. The summed E-state index contributed by atoms with van der Waals surface area (Å²) in [5.41, 5.74) is 3.83. The molecule has 0 saturated carbocycles. The number of ether oxygens (including phenoxy) is 2. The van der Waals surface area contributed by atoms with E-state index >= 15 is 0 Å². The van der Waals surface area contributed by atoms with Crippen LogP contribution >= 0.6 is 0 Å². The number of benzene rings is 2. The van der Waals surface area contributed by atoms with E-state index in [1.54, 1.807) is 0 Å². The van der Waals surface area contributed by atoms with E-state index in [9.17, 15) is 0 Å². The van der Waals surface area contributed by atoms with Gasteiger partial charge in [-0.2, -0.15) is 5.10 Å². The van der Waals surface area contributed by atoms with Crippen LogP contribution in [0.1, 0.15) is 24.0 Å². The SMILES string of the molecule is c1cc2[nH]ncc2cc1C[C@@H]1CCCN(Cc2ccc3c(c2)OCCO3)C1. The highest BCUT2D eigenvalue weighted by Crippen LogP contribution is 2.32. The van der Waals surface area contributed by atoms with Crippen LogP contribution in [-0.4, -0.2) is 41.4 Å². The number of aromatic nitrogens is 2. The van der Waals surface area contributed by atoms with E-state index in [1.165, 1.54) is 35.9 Å². The molecule has 3 heterocycles. The van der Waals surface area contributed by atoms with Crippen molar-refractivity contribution in [2.24, 2.45) is 5.92 Å². The number of fused-ring (bicyclic) bond motifs is 2. The molecular formula is C22H25N3O2. The van der Waals surface area contributed by atoms with E-state index in [2.05, 4.69) is 45.4 Å². The topological polar surface area (TPSA) is 50.4 Å². The molecular weight excluding hydrogens is 338 g/mol. The highest BCUT2D eigenvalue weighted by atomic mass is 16.6. The van der Waals surface area contributed by atoms with Crippen molar-refractivity contribution in [2.45, 2.75) is 25.8 Å². The zero-order chi connectivity index (χ0) is 18.1. The van der Waals surface area contributed by atoms with E-state index in [1.807, 2.05) is 12.3 Å². The van der Waals surface area contributed by atoms with Crippen LogP contribution in [-0.2, 0) is 13.0 Å². The Morgan fingerprint density at radius 3 is 2.89 bits per heavy atom. The number of H-pyrrole nitrogens is 1. The number of likely N-dealkylation sites (tertiary alicyclic amines) is 1. The molecule has 0 unspecified atom stereocenters. The maximum absolute atomic E-state index is 5.73. The van der Waals surface area contributed by atoms with Crippen molar-refractivity contribution in [3.05, 3.63) is 53.7 Å². The molecule has 1 N–H and O–H groups in total. The number of nitrogens with zero attached hydrogens (tertiary/aromatic N) is 2. The molecule has 0 aliphatic carbocycles. The number of piperidine rings is 1. The quantitative estimate of drug-likeness (QED) is 0.766. The van der Waals surface area contributed by atoms with Gasteiger partial charge in [0.15, 0.2) is 11.5 Å². The average molecular weight is 363 g/mol. The third-order valence-electron chi connectivity index (χ3n) is 5.64. The summed E-state index contributed by atoms with van der Waals surface area (Å²) >= 11 is 0. The zero-order valence-corrected chi connectivity index (χ0v) is 15.5. The minimum atomic E-state index is 0.642. The summed E-state index contributed by atoms with van der Waals surface area (Å²) in [6.07, 6.45) is 5.62. The largest absolute Gasteiger partial charge is 0.486 e. The number of aromatic amines is 1. The van der Waals surface area contributed by atoms with Crippen LogP contribution < -0.4 is 9.47 Å². The van der Waals surface area contributed by atoms with Gasteiger partial charge in [0, 0.05) is 18.5 Å². The summed E-state index contributed by atoms with van der Waals surface area (Å²) in [6, 6.07) is 13.0. The van der Waals surface area contributed by atoms with Gasteiger partial charge in [0.25, 0.3) is 0 Å². The van der Waals surface area contributed by atoms with Gasteiger partial charge in [0.05, 0.1) is 11.7 Å². The lowest BCUT2D eigenvalue weighted by Crippen LogP contribution is -2.35. The first-order chi connectivity index (χ1) is 13.3. The molecule has 0 bridgehead atoms. The highest BCUT2D eigenvalue weighted by molar-refractivity contribution is 5.78.